The zero-order valence-electron chi connectivity index (χ0n) is 10.4. The third-order valence-corrected chi connectivity index (χ3v) is 5.10. The van der Waals surface area contributed by atoms with Crippen LogP contribution in [0.5, 0.6) is 0 Å². The van der Waals surface area contributed by atoms with Crippen molar-refractivity contribution < 1.29 is 8.42 Å². The van der Waals surface area contributed by atoms with Crippen LogP contribution in [-0.2, 0) is 10.2 Å². The van der Waals surface area contributed by atoms with Crippen molar-refractivity contribution >= 4 is 10.2 Å². The third kappa shape index (κ3) is 3.16. The van der Waals surface area contributed by atoms with Gasteiger partial charge in [0.1, 0.15) is 0 Å². The molecule has 0 amide bonds. The summed E-state index contributed by atoms with van der Waals surface area (Å²) in [5.74, 6) is 0.670. The molecule has 1 aliphatic rings. The molecule has 5 nitrogen and oxygen atoms in total. The van der Waals surface area contributed by atoms with Crippen molar-refractivity contribution in [1.29, 1.82) is 0 Å². The molecule has 0 aromatic rings. The Labute approximate surface area is 98.6 Å². The van der Waals surface area contributed by atoms with Gasteiger partial charge in [-0.25, -0.2) is 0 Å². The molecule has 3 N–H and O–H groups in total. The molecule has 1 fully saturated rings. The predicted octanol–water partition coefficient (Wildman–Crippen LogP) is 0.290. The average Bonchev–Trinajstić information content (AvgIpc) is 2.21. The van der Waals surface area contributed by atoms with Gasteiger partial charge in [0.2, 0.25) is 0 Å². The normalized spacial score (nSPS) is 31.9. The molecule has 1 saturated carbocycles. The molecule has 16 heavy (non-hydrogen) atoms. The summed E-state index contributed by atoms with van der Waals surface area (Å²) in [5.41, 5.74) is 5.31. The number of hydrogen-bond donors (Lipinski definition) is 2. The molecule has 0 saturated heterocycles. The van der Waals surface area contributed by atoms with Gasteiger partial charge in [-0.1, -0.05) is 6.92 Å². The van der Waals surface area contributed by atoms with Crippen molar-refractivity contribution in [3.8, 4) is 0 Å². The second-order valence-electron chi connectivity index (χ2n) is 5.06. The fourth-order valence-corrected chi connectivity index (χ4v) is 3.04. The molecule has 0 unspecified atom stereocenters. The van der Waals surface area contributed by atoms with Gasteiger partial charge < -0.3 is 5.73 Å². The smallest absolute Gasteiger partial charge is 0.279 e. The average molecular weight is 249 g/mol. The lowest BCUT2D eigenvalue weighted by molar-refractivity contribution is 0.228. The number of nitrogens with one attached hydrogen (secondary N) is 1. The first kappa shape index (κ1) is 13.9. The number of nitrogens with two attached hydrogens (primary N) is 1. The molecule has 0 radical (unpaired) electrons. The maximum atomic E-state index is 11.8. The predicted molar refractivity (Wildman–Crippen MR) is 65.2 cm³/mol. The summed E-state index contributed by atoms with van der Waals surface area (Å²) in [5, 5.41) is 0. The summed E-state index contributed by atoms with van der Waals surface area (Å²) >= 11 is 0. The molecular weight excluding hydrogens is 226 g/mol. The van der Waals surface area contributed by atoms with Gasteiger partial charge in [-0.05, 0) is 31.6 Å². The topological polar surface area (TPSA) is 75.4 Å². The van der Waals surface area contributed by atoms with Crippen molar-refractivity contribution in [2.45, 2.75) is 38.1 Å². The lowest BCUT2D eigenvalue weighted by Gasteiger charge is -2.39. The Morgan fingerprint density at radius 3 is 2.25 bits per heavy atom. The Morgan fingerprint density at radius 1 is 1.38 bits per heavy atom. The zero-order chi connectivity index (χ0) is 12.4. The Hall–Kier alpha value is -0.170. The number of nitrogens with zero attached hydrogens (tertiary/aromatic N) is 1. The minimum absolute atomic E-state index is 0.368. The molecule has 0 aliphatic heterocycles. The Morgan fingerprint density at radius 2 is 1.88 bits per heavy atom. The highest BCUT2D eigenvalue weighted by Gasteiger charge is 2.37. The fraction of sp³-hybridized carbons (Fsp3) is 1.00. The highest BCUT2D eigenvalue weighted by Crippen LogP contribution is 2.31. The van der Waals surface area contributed by atoms with Crippen LogP contribution in [0, 0.1) is 5.92 Å². The lowest BCUT2D eigenvalue weighted by Crippen LogP contribution is -2.57. The second kappa shape index (κ2) is 5.00. The van der Waals surface area contributed by atoms with E-state index in [-0.39, 0.29) is 0 Å². The second-order valence-corrected chi connectivity index (χ2v) is 6.94. The summed E-state index contributed by atoms with van der Waals surface area (Å²) in [4.78, 5) is 0. The molecule has 0 heterocycles. The largest absolute Gasteiger partial charge is 0.329 e. The van der Waals surface area contributed by atoms with Crippen LogP contribution >= 0.6 is 0 Å². The summed E-state index contributed by atoms with van der Waals surface area (Å²) in [7, 11) is -0.331. The fourth-order valence-electron chi connectivity index (χ4n) is 2.03. The highest BCUT2D eigenvalue weighted by atomic mass is 32.2. The van der Waals surface area contributed by atoms with Crippen molar-refractivity contribution in [2.24, 2.45) is 11.7 Å². The van der Waals surface area contributed by atoms with E-state index in [1.165, 1.54) is 18.4 Å². The van der Waals surface area contributed by atoms with E-state index in [2.05, 4.69) is 11.6 Å². The van der Waals surface area contributed by atoms with Crippen molar-refractivity contribution in [3.63, 3.8) is 0 Å². The standard InChI is InChI=1S/C10H23N3O2S/c1-9-4-6-10(8-11,7-5-9)12-16(14,15)13(2)3/h9,12H,4-8,11H2,1-3H3. The van der Waals surface area contributed by atoms with E-state index in [0.29, 0.717) is 12.5 Å². The van der Waals surface area contributed by atoms with Crippen LogP contribution in [0.25, 0.3) is 0 Å². The van der Waals surface area contributed by atoms with Gasteiger partial charge in [0, 0.05) is 26.2 Å². The first-order valence-corrected chi connectivity index (χ1v) is 7.17. The van der Waals surface area contributed by atoms with Gasteiger partial charge in [0.15, 0.2) is 0 Å². The maximum absolute atomic E-state index is 11.8. The van der Waals surface area contributed by atoms with Crippen LogP contribution in [0.15, 0.2) is 0 Å². The molecule has 0 aromatic carbocycles. The van der Waals surface area contributed by atoms with Gasteiger partial charge in [-0.2, -0.15) is 17.4 Å². The van der Waals surface area contributed by atoms with Gasteiger partial charge in [0.25, 0.3) is 10.2 Å². The van der Waals surface area contributed by atoms with Crippen LogP contribution < -0.4 is 10.5 Å². The van der Waals surface area contributed by atoms with Gasteiger partial charge in [-0.15, -0.1) is 0 Å². The van der Waals surface area contributed by atoms with Crippen molar-refractivity contribution in [1.82, 2.24) is 9.03 Å². The third-order valence-electron chi connectivity index (χ3n) is 3.45. The van der Waals surface area contributed by atoms with Crippen molar-refractivity contribution in [3.05, 3.63) is 0 Å². The maximum Gasteiger partial charge on any atom is 0.279 e. The molecule has 0 spiro atoms. The van der Waals surface area contributed by atoms with E-state index < -0.39 is 15.7 Å². The molecule has 0 aromatic heterocycles. The van der Waals surface area contributed by atoms with E-state index in [4.69, 9.17) is 5.73 Å². The summed E-state index contributed by atoms with van der Waals surface area (Å²) < 4.78 is 27.6. The molecule has 96 valence electrons. The minimum atomic E-state index is -3.38. The summed E-state index contributed by atoms with van der Waals surface area (Å²) in [6, 6.07) is 0. The number of hydrogen-bond acceptors (Lipinski definition) is 3. The molecule has 1 rings (SSSR count). The Balaban J connectivity index is 2.76. The minimum Gasteiger partial charge on any atom is -0.329 e. The zero-order valence-corrected chi connectivity index (χ0v) is 11.2. The monoisotopic (exact) mass is 249 g/mol. The molecular formula is C10H23N3O2S. The van der Waals surface area contributed by atoms with Gasteiger partial charge in [0.05, 0.1) is 0 Å². The van der Waals surface area contributed by atoms with E-state index in [1.54, 1.807) is 0 Å². The van der Waals surface area contributed by atoms with E-state index in [0.717, 1.165) is 25.7 Å². The van der Waals surface area contributed by atoms with E-state index >= 15 is 0 Å². The molecule has 6 heteroatoms. The highest BCUT2D eigenvalue weighted by molar-refractivity contribution is 7.87. The van der Waals surface area contributed by atoms with Crippen LogP contribution in [0.1, 0.15) is 32.6 Å². The first-order valence-electron chi connectivity index (χ1n) is 5.73. The van der Waals surface area contributed by atoms with Crippen molar-refractivity contribution in [2.75, 3.05) is 20.6 Å². The van der Waals surface area contributed by atoms with Crippen LogP contribution in [0.3, 0.4) is 0 Å². The lowest BCUT2D eigenvalue weighted by atomic mass is 9.78. The van der Waals surface area contributed by atoms with Crippen LogP contribution in [0.4, 0.5) is 0 Å². The molecule has 0 atom stereocenters. The summed E-state index contributed by atoms with van der Waals surface area (Å²) in [6.07, 6.45) is 3.73. The first-order chi connectivity index (χ1) is 7.31. The summed E-state index contributed by atoms with van der Waals surface area (Å²) in [6.45, 7) is 2.56. The van der Waals surface area contributed by atoms with Gasteiger partial charge >= 0.3 is 0 Å². The molecule has 0 bridgehead atoms. The van der Waals surface area contributed by atoms with Crippen LogP contribution in [0.2, 0.25) is 0 Å². The SMILES string of the molecule is CC1CCC(CN)(NS(=O)(=O)N(C)C)CC1. The van der Waals surface area contributed by atoms with Gasteiger partial charge in [-0.3, -0.25) is 0 Å². The Kier molecular flexibility index (Phi) is 4.34. The van der Waals surface area contributed by atoms with Crippen LogP contribution in [-0.4, -0.2) is 38.9 Å². The van der Waals surface area contributed by atoms with E-state index in [9.17, 15) is 8.42 Å². The van der Waals surface area contributed by atoms with E-state index in [1.807, 2.05) is 0 Å². The number of rotatable bonds is 4. The Bertz CT molecular complexity index is 319. The quantitative estimate of drug-likeness (QED) is 0.752. The molecule has 1 aliphatic carbocycles.